The quantitative estimate of drug-likeness (QED) is 0.0426. The molecule has 2 nitrogen and oxygen atoms in total. The maximum Gasteiger partial charge on any atom is 0.306 e. The van der Waals surface area contributed by atoms with Gasteiger partial charge in [-0.05, 0) is 122 Å². The molecule has 2 heteroatoms. The first kappa shape index (κ1) is 45.0. The van der Waals surface area contributed by atoms with E-state index < -0.39 is 0 Å². The number of fused-ring (bicyclic) bond motifs is 5. The highest BCUT2D eigenvalue weighted by atomic mass is 16.5. The average molecular weight is 743 g/mol. The summed E-state index contributed by atoms with van der Waals surface area (Å²) in [5.74, 6) is 17.9. The Kier molecular flexibility index (Phi) is 20.2. The molecule has 0 spiro atoms. The Balaban J connectivity index is 1.03. The molecule has 0 N–H and O–H groups in total. The predicted molar refractivity (Wildman–Crippen MR) is 232 cm³/mol. The van der Waals surface area contributed by atoms with Crippen molar-refractivity contribution in [3.8, 4) is 23.7 Å². The zero-order valence-corrected chi connectivity index (χ0v) is 36.6. The number of carbonyl (C=O) groups excluding carboxylic acids is 1. The third kappa shape index (κ3) is 13.8. The lowest BCUT2D eigenvalue weighted by Crippen LogP contribution is -2.51. The van der Waals surface area contributed by atoms with E-state index in [4.69, 9.17) is 4.74 Å². The van der Waals surface area contributed by atoms with Gasteiger partial charge in [-0.2, -0.15) is 0 Å². The van der Waals surface area contributed by atoms with Crippen molar-refractivity contribution in [1.29, 1.82) is 0 Å². The van der Waals surface area contributed by atoms with E-state index in [1.807, 2.05) is 0 Å². The number of allylic oxidation sites excluding steroid dienone is 1. The number of carbonyl (C=O) groups is 1. The zero-order chi connectivity index (χ0) is 38.7. The SMILES string of the molecule is CCCCCCCCCCCCCC#CC#CCCCCCCCC(=O)O[C@H]1CC[C@@]2(C)C(=CC[C@H]3[C@@H]4CC[C@H]([C@H](C)CCCC(C)C)[C@@]4(C)CC[C@@H]32)C1. The molecule has 54 heavy (non-hydrogen) atoms. The van der Waals surface area contributed by atoms with Crippen molar-refractivity contribution in [1.82, 2.24) is 0 Å². The second kappa shape index (κ2) is 24.2. The summed E-state index contributed by atoms with van der Waals surface area (Å²) in [6.07, 6.45) is 40.4. The van der Waals surface area contributed by atoms with E-state index in [1.165, 1.54) is 141 Å². The summed E-state index contributed by atoms with van der Waals surface area (Å²) in [6.45, 7) is 14.9. The van der Waals surface area contributed by atoms with Crippen LogP contribution in [0.2, 0.25) is 0 Å². The minimum atomic E-state index is 0.0310. The van der Waals surface area contributed by atoms with Crippen LogP contribution in [0, 0.1) is 70.0 Å². The molecule has 0 aliphatic heterocycles. The molecule has 0 aromatic carbocycles. The fraction of sp³-hybridized carbons (Fsp3) is 0.865. The minimum absolute atomic E-state index is 0.0310. The molecule has 0 unspecified atom stereocenters. The summed E-state index contributed by atoms with van der Waals surface area (Å²) in [5.41, 5.74) is 2.49. The van der Waals surface area contributed by atoms with Gasteiger partial charge in [0.2, 0.25) is 0 Å². The van der Waals surface area contributed by atoms with Crippen molar-refractivity contribution >= 4 is 5.97 Å². The van der Waals surface area contributed by atoms with Gasteiger partial charge >= 0.3 is 5.97 Å². The highest BCUT2D eigenvalue weighted by molar-refractivity contribution is 5.69. The van der Waals surface area contributed by atoms with E-state index in [9.17, 15) is 4.79 Å². The second-order valence-corrected chi connectivity index (χ2v) is 19.8. The molecule has 306 valence electrons. The Hall–Kier alpha value is -1.67. The van der Waals surface area contributed by atoms with Gasteiger partial charge in [0.1, 0.15) is 6.10 Å². The molecule has 0 radical (unpaired) electrons. The van der Waals surface area contributed by atoms with Crippen molar-refractivity contribution in [2.45, 2.75) is 240 Å². The van der Waals surface area contributed by atoms with Gasteiger partial charge in [-0.3, -0.25) is 4.79 Å². The maximum absolute atomic E-state index is 12.9. The Morgan fingerprint density at radius 2 is 1.33 bits per heavy atom. The van der Waals surface area contributed by atoms with E-state index in [2.05, 4.69) is 71.3 Å². The van der Waals surface area contributed by atoms with Crippen LogP contribution in [0.5, 0.6) is 0 Å². The lowest BCUT2D eigenvalue weighted by atomic mass is 9.47. The number of ether oxygens (including phenoxy) is 1. The number of rotatable bonds is 24. The van der Waals surface area contributed by atoms with Crippen LogP contribution in [0.1, 0.15) is 234 Å². The molecule has 0 aromatic heterocycles. The van der Waals surface area contributed by atoms with E-state index in [-0.39, 0.29) is 12.1 Å². The van der Waals surface area contributed by atoms with Crippen LogP contribution < -0.4 is 0 Å². The van der Waals surface area contributed by atoms with Crippen molar-refractivity contribution in [3.63, 3.8) is 0 Å². The first-order valence-electron chi connectivity index (χ1n) is 24.0. The Morgan fingerprint density at radius 1 is 0.722 bits per heavy atom. The molecule has 3 fully saturated rings. The van der Waals surface area contributed by atoms with Crippen LogP contribution in [0.4, 0.5) is 0 Å². The summed E-state index contributed by atoms with van der Waals surface area (Å²) in [5, 5.41) is 0. The summed E-state index contributed by atoms with van der Waals surface area (Å²) < 4.78 is 6.13. The molecule has 0 heterocycles. The van der Waals surface area contributed by atoms with Gasteiger partial charge in [-0.15, -0.1) is 0 Å². The smallest absolute Gasteiger partial charge is 0.306 e. The largest absolute Gasteiger partial charge is 0.462 e. The maximum atomic E-state index is 12.9. The summed E-state index contributed by atoms with van der Waals surface area (Å²) >= 11 is 0. The average Bonchev–Trinajstić information content (AvgIpc) is 3.51. The molecular formula is C52H86O2. The molecule has 0 aromatic rings. The van der Waals surface area contributed by atoms with Crippen LogP contribution in [0.3, 0.4) is 0 Å². The number of esters is 1. The summed E-state index contributed by atoms with van der Waals surface area (Å²) in [7, 11) is 0. The Bertz CT molecular complexity index is 1240. The molecule has 4 aliphatic rings. The Morgan fingerprint density at radius 3 is 1.96 bits per heavy atom. The molecule has 4 aliphatic carbocycles. The highest BCUT2D eigenvalue weighted by Crippen LogP contribution is 2.67. The second-order valence-electron chi connectivity index (χ2n) is 19.8. The summed E-state index contributed by atoms with van der Waals surface area (Å²) in [6, 6.07) is 0. The van der Waals surface area contributed by atoms with Crippen molar-refractivity contribution in [2.24, 2.45) is 46.3 Å². The van der Waals surface area contributed by atoms with E-state index in [0.717, 1.165) is 80.5 Å². The number of hydrogen-bond donors (Lipinski definition) is 0. The topological polar surface area (TPSA) is 26.3 Å². The van der Waals surface area contributed by atoms with Crippen LogP contribution in [-0.4, -0.2) is 12.1 Å². The predicted octanol–water partition coefficient (Wildman–Crippen LogP) is 15.4. The summed E-state index contributed by atoms with van der Waals surface area (Å²) in [4.78, 5) is 12.9. The van der Waals surface area contributed by atoms with E-state index in [0.29, 0.717) is 17.3 Å². The van der Waals surface area contributed by atoms with Crippen molar-refractivity contribution < 1.29 is 9.53 Å². The van der Waals surface area contributed by atoms with Crippen LogP contribution in [0.25, 0.3) is 0 Å². The standard InChI is InChI=1S/C52H86O2/c1-7-8-9-10-11-12-13-14-15-16-17-18-19-20-21-22-23-24-25-26-27-28-32-50(53)54-45-37-39-51(5)44(41-45)33-34-46-48-36-35-47(43(4)31-29-30-42(2)3)52(48,6)40-38-49(46)51/h33,42-43,45-49H,7-18,23-32,34-41H2,1-6H3/t43-,45+,46+,47-,48+,49+,51+,52-/m1/s1. The third-order valence-corrected chi connectivity index (χ3v) is 15.4. The first-order chi connectivity index (χ1) is 26.2. The van der Waals surface area contributed by atoms with E-state index in [1.54, 1.807) is 5.57 Å². The van der Waals surface area contributed by atoms with E-state index >= 15 is 0 Å². The van der Waals surface area contributed by atoms with Gasteiger partial charge in [0.15, 0.2) is 0 Å². The fourth-order valence-electron chi connectivity index (χ4n) is 12.1. The molecule has 0 saturated heterocycles. The molecule has 4 rings (SSSR count). The first-order valence-corrected chi connectivity index (χ1v) is 24.0. The monoisotopic (exact) mass is 743 g/mol. The highest BCUT2D eigenvalue weighted by Gasteiger charge is 2.59. The normalized spacial score (nSPS) is 29.2. The molecule has 8 atom stereocenters. The lowest BCUT2D eigenvalue weighted by Gasteiger charge is -2.58. The van der Waals surface area contributed by atoms with Gasteiger partial charge in [0.25, 0.3) is 0 Å². The fourth-order valence-corrected chi connectivity index (χ4v) is 12.1. The number of unbranched alkanes of at least 4 members (excludes halogenated alkanes) is 16. The van der Waals surface area contributed by atoms with Gasteiger partial charge in [-0.1, -0.05) is 168 Å². The zero-order valence-electron chi connectivity index (χ0n) is 36.6. The molecular weight excluding hydrogens is 657 g/mol. The Labute approximate surface area is 336 Å². The van der Waals surface area contributed by atoms with Gasteiger partial charge in [0.05, 0.1) is 0 Å². The minimum Gasteiger partial charge on any atom is -0.462 e. The third-order valence-electron chi connectivity index (χ3n) is 15.4. The van der Waals surface area contributed by atoms with Crippen LogP contribution in [0.15, 0.2) is 11.6 Å². The van der Waals surface area contributed by atoms with Crippen molar-refractivity contribution in [3.05, 3.63) is 11.6 Å². The van der Waals surface area contributed by atoms with Crippen molar-refractivity contribution in [2.75, 3.05) is 0 Å². The van der Waals surface area contributed by atoms with Crippen LogP contribution in [-0.2, 0) is 9.53 Å². The van der Waals surface area contributed by atoms with Gasteiger partial charge in [0, 0.05) is 25.7 Å². The molecule has 3 saturated carbocycles. The van der Waals surface area contributed by atoms with Gasteiger partial charge < -0.3 is 4.74 Å². The van der Waals surface area contributed by atoms with Gasteiger partial charge in [-0.25, -0.2) is 0 Å². The van der Waals surface area contributed by atoms with Crippen LogP contribution >= 0.6 is 0 Å². The number of hydrogen-bond acceptors (Lipinski definition) is 2. The molecule has 0 amide bonds. The lowest BCUT2D eigenvalue weighted by molar-refractivity contribution is -0.151. The molecule has 0 bridgehead atoms.